The van der Waals surface area contributed by atoms with Crippen LogP contribution in [0.1, 0.15) is 16.1 Å². The van der Waals surface area contributed by atoms with Crippen molar-refractivity contribution < 1.29 is 28.5 Å². The molecule has 0 saturated carbocycles. The Morgan fingerprint density at radius 3 is 2.32 bits per heavy atom. The molecule has 0 unspecified atom stereocenters. The molecule has 0 spiro atoms. The number of benzene rings is 2. The predicted molar refractivity (Wildman–Crippen MR) is 141 cm³/mol. The van der Waals surface area contributed by atoms with Crippen LogP contribution in [0.2, 0.25) is 0 Å². The highest BCUT2D eigenvalue weighted by molar-refractivity contribution is 8.18. The molecule has 1 fully saturated rings. The van der Waals surface area contributed by atoms with Crippen LogP contribution < -0.4 is 29.6 Å². The number of carbonyl (C=O) groups excluding carboxylic acids is 2. The monoisotopic (exact) mass is 520 g/mol. The standard InChI is InChI=1S/C26H24N4O6S/c1-27-24(31)19-14-18(9-10-28-19)36-17-7-5-16(6-8-17)29-26-30-25(32)22(37-26)13-15-11-20(33-2)23(35-4)21(12-15)34-3/h5-14H,1-4H3,(H,27,31)(H,29,30,32)/b22-13-. The lowest BCUT2D eigenvalue weighted by molar-refractivity contribution is -0.115. The predicted octanol–water partition coefficient (Wildman–Crippen LogP) is 4.15. The molecule has 4 rings (SSSR count). The van der Waals surface area contributed by atoms with Crippen LogP contribution >= 0.6 is 11.8 Å². The van der Waals surface area contributed by atoms with Crippen LogP contribution in [0, 0.1) is 0 Å². The van der Waals surface area contributed by atoms with Gasteiger partial charge in [-0.1, -0.05) is 0 Å². The van der Waals surface area contributed by atoms with Crippen molar-refractivity contribution in [3.8, 4) is 28.7 Å². The first-order valence-electron chi connectivity index (χ1n) is 11.0. The van der Waals surface area contributed by atoms with Gasteiger partial charge in [0.2, 0.25) is 5.75 Å². The summed E-state index contributed by atoms with van der Waals surface area (Å²) in [7, 11) is 6.13. The van der Waals surface area contributed by atoms with E-state index in [0.29, 0.717) is 50.1 Å². The number of pyridine rings is 1. The third kappa shape index (κ3) is 6.01. The van der Waals surface area contributed by atoms with Crippen LogP contribution in [0.15, 0.2) is 64.6 Å². The van der Waals surface area contributed by atoms with Crippen LogP contribution in [0.5, 0.6) is 28.7 Å². The SMILES string of the molecule is CNC(=O)c1cc(Oc2ccc(N=C3NC(=O)/C(=C/c4cc(OC)c(OC)c(OC)c4)S3)cc2)ccn1. The van der Waals surface area contributed by atoms with Gasteiger partial charge >= 0.3 is 0 Å². The lowest BCUT2D eigenvalue weighted by Gasteiger charge is -2.12. The van der Waals surface area contributed by atoms with Crippen LogP contribution in [0.4, 0.5) is 5.69 Å². The second-order valence-electron chi connectivity index (χ2n) is 7.49. The second kappa shape index (κ2) is 11.5. The molecule has 2 amide bonds. The first-order chi connectivity index (χ1) is 17.9. The molecule has 3 aromatic rings. The van der Waals surface area contributed by atoms with Crippen molar-refractivity contribution in [3.05, 3.63) is 70.9 Å². The Balaban J connectivity index is 1.48. The molecule has 11 heteroatoms. The lowest BCUT2D eigenvalue weighted by Crippen LogP contribution is -2.19. The maximum atomic E-state index is 12.5. The van der Waals surface area contributed by atoms with Crippen LogP contribution in [0.3, 0.4) is 0 Å². The Morgan fingerprint density at radius 2 is 1.70 bits per heavy atom. The van der Waals surface area contributed by atoms with Crippen molar-refractivity contribution in [1.82, 2.24) is 15.6 Å². The fourth-order valence-electron chi connectivity index (χ4n) is 3.39. The fourth-order valence-corrected chi connectivity index (χ4v) is 4.23. The maximum Gasteiger partial charge on any atom is 0.269 e. The number of methoxy groups -OCH3 is 3. The first-order valence-corrected chi connectivity index (χ1v) is 11.8. The van der Waals surface area contributed by atoms with Gasteiger partial charge in [0.25, 0.3) is 11.8 Å². The van der Waals surface area contributed by atoms with Crippen molar-refractivity contribution in [2.75, 3.05) is 28.4 Å². The Labute approximate surface area is 217 Å². The minimum Gasteiger partial charge on any atom is -0.493 e. The topological polar surface area (TPSA) is 120 Å². The zero-order chi connectivity index (χ0) is 26.4. The number of amidine groups is 1. The van der Waals surface area contributed by atoms with Crippen molar-refractivity contribution >= 4 is 40.5 Å². The summed E-state index contributed by atoms with van der Waals surface area (Å²) in [5.74, 6) is 1.93. The van der Waals surface area contributed by atoms with Crippen molar-refractivity contribution in [1.29, 1.82) is 0 Å². The van der Waals surface area contributed by atoms with E-state index in [0.717, 1.165) is 0 Å². The summed E-state index contributed by atoms with van der Waals surface area (Å²) in [6.07, 6.45) is 3.23. The number of carbonyl (C=O) groups is 2. The number of aromatic nitrogens is 1. The minimum absolute atomic E-state index is 0.257. The molecule has 2 N–H and O–H groups in total. The quantitative estimate of drug-likeness (QED) is 0.425. The number of hydrogen-bond acceptors (Lipinski definition) is 9. The van der Waals surface area contributed by atoms with Crippen molar-refractivity contribution in [2.45, 2.75) is 0 Å². The zero-order valence-corrected chi connectivity index (χ0v) is 21.3. The third-order valence-electron chi connectivity index (χ3n) is 5.13. The molecule has 2 aromatic carbocycles. The van der Waals surface area contributed by atoms with E-state index in [9.17, 15) is 9.59 Å². The summed E-state index contributed by atoms with van der Waals surface area (Å²) in [5, 5.41) is 5.74. The van der Waals surface area contributed by atoms with E-state index >= 15 is 0 Å². The fraction of sp³-hybridized carbons (Fsp3) is 0.154. The minimum atomic E-state index is -0.300. The number of amides is 2. The molecule has 2 heterocycles. The van der Waals surface area contributed by atoms with Gasteiger partial charge in [0, 0.05) is 19.3 Å². The maximum absolute atomic E-state index is 12.5. The van der Waals surface area contributed by atoms with E-state index in [4.69, 9.17) is 18.9 Å². The number of nitrogens with one attached hydrogen (secondary N) is 2. The number of rotatable bonds is 8. The van der Waals surface area contributed by atoms with E-state index in [2.05, 4.69) is 20.6 Å². The van der Waals surface area contributed by atoms with Gasteiger partial charge in [-0.25, -0.2) is 4.99 Å². The average molecular weight is 521 g/mol. The molecule has 1 saturated heterocycles. The summed E-state index contributed by atoms with van der Waals surface area (Å²) in [6, 6.07) is 13.7. The molecule has 1 aliphatic rings. The highest BCUT2D eigenvalue weighted by Crippen LogP contribution is 2.39. The van der Waals surface area contributed by atoms with Crippen LogP contribution in [-0.2, 0) is 4.79 Å². The molecule has 0 bridgehead atoms. The molecule has 190 valence electrons. The Morgan fingerprint density at radius 1 is 1.00 bits per heavy atom. The van der Waals surface area contributed by atoms with Gasteiger partial charge in [-0.05, 0) is 65.9 Å². The number of hydrogen-bond donors (Lipinski definition) is 2. The van der Waals surface area contributed by atoms with Crippen LogP contribution in [-0.4, -0.2) is 50.3 Å². The van der Waals surface area contributed by atoms with E-state index < -0.39 is 0 Å². The van der Waals surface area contributed by atoms with E-state index in [1.807, 2.05) is 0 Å². The number of nitrogens with zero attached hydrogens (tertiary/aromatic N) is 2. The molecule has 0 atom stereocenters. The van der Waals surface area contributed by atoms with Gasteiger partial charge in [-0.3, -0.25) is 14.6 Å². The van der Waals surface area contributed by atoms with Gasteiger partial charge in [-0.15, -0.1) is 0 Å². The number of aliphatic imine (C=N–C) groups is 1. The molecule has 1 aliphatic heterocycles. The molecule has 10 nitrogen and oxygen atoms in total. The first kappa shape index (κ1) is 25.6. The summed E-state index contributed by atoms with van der Waals surface area (Å²) >= 11 is 1.22. The molecule has 0 aliphatic carbocycles. The molecule has 0 radical (unpaired) electrons. The molecule has 37 heavy (non-hydrogen) atoms. The Kier molecular flexibility index (Phi) is 7.94. The van der Waals surface area contributed by atoms with Gasteiger partial charge < -0.3 is 29.6 Å². The third-order valence-corrected chi connectivity index (χ3v) is 6.04. The summed E-state index contributed by atoms with van der Waals surface area (Å²) < 4.78 is 21.9. The molecular formula is C26H24N4O6S. The van der Waals surface area contributed by atoms with Crippen LogP contribution in [0.25, 0.3) is 6.08 Å². The van der Waals surface area contributed by atoms with Crippen molar-refractivity contribution in [2.24, 2.45) is 4.99 Å². The number of ether oxygens (including phenoxy) is 4. The highest BCUT2D eigenvalue weighted by Gasteiger charge is 2.24. The average Bonchev–Trinajstić information content (AvgIpc) is 3.26. The van der Waals surface area contributed by atoms with Gasteiger partial charge in [0.15, 0.2) is 16.7 Å². The summed E-state index contributed by atoms with van der Waals surface area (Å²) in [5.41, 5.74) is 1.60. The van der Waals surface area contributed by atoms with Gasteiger partial charge in [-0.2, -0.15) is 0 Å². The Hall–Kier alpha value is -4.51. The van der Waals surface area contributed by atoms with E-state index in [1.54, 1.807) is 54.6 Å². The highest BCUT2D eigenvalue weighted by atomic mass is 32.2. The summed E-state index contributed by atoms with van der Waals surface area (Å²) in [4.78, 5) is 33.3. The summed E-state index contributed by atoms with van der Waals surface area (Å²) in [6.45, 7) is 0. The largest absolute Gasteiger partial charge is 0.493 e. The van der Waals surface area contributed by atoms with Gasteiger partial charge in [0.05, 0.1) is 31.9 Å². The lowest BCUT2D eigenvalue weighted by atomic mass is 10.1. The molecule has 1 aromatic heterocycles. The Bertz CT molecular complexity index is 1360. The second-order valence-corrected chi connectivity index (χ2v) is 8.52. The zero-order valence-electron chi connectivity index (χ0n) is 20.5. The van der Waals surface area contributed by atoms with E-state index in [-0.39, 0.29) is 17.5 Å². The molecular weight excluding hydrogens is 496 g/mol. The van der Waals surface area contributed by atoms with Crippen molar-refractivity contribution in [3.63, 3.8) is 0 Å². The smallest absolute Gasteiger partial charge is 0.269 e. The normalized spacial score (nSPS) is 14.9. The van der Waals surface area contributed by atoms with Gasteiger partial charge in [0.1, 0.15) is 17.2 Å². The number of thioether (sulfide) groups is 1. The van der Waals surface area contributed by atoms with E-state index in [1.165, 1.54) is 46.3 Å².